The summed E-state index contributed by atoms with van der Waals surface area (Å²) in [5.41, 5.74) is 4.24. The van der Waals surface area contributed by atoms with Crippen molar-refractivity contribution in [1.82, 2.24) is 5.32 Å². The molecule has 0 heterocycles. The van der Waals surface area contributed by atoms with Gasteiger partial charge < -0.3 is 5.32 Å². The van der Waals surface area contributed by atoms with E-state index in [9.17, 15) is 0 Å². The highest BCUT2D eigenvalue weighted by molar-refractivity contribution is 5.31. The van der Waals surface area contributed by atoms with Crippen molar-refractivity contribution in [2.45, 2.75) is 46.6 Å². The highest BCUT2D eigenvalue weighted by Gasteiger charge is 2.33. The predicted molar refractivity (Wildman–Crippen MR) is 74.2 cm³/mol. The molecule has 94 valence electrons. The molecule has 2 atom stereocenters. The average molecular weight is 231 g/mol. The zero-order valence-electron chi connectivity index (χ0n) is 11.6. The number of hydrogen-bond acceptors (Lipinski definition) is 1. The second-order valence-electron chi connectivity index (χ2n) is 5.65. The third-order valence-electron chi connectivity index (χ3n) is 3.92. The van der Waals surface area contributed by atoms with Crippen molar-refractivity contribution in [3.8, 4) is 0 Å². The standard InChI is InChI=1S/C16H25N/c1-5-17-16(13(4)14-6-7-14)15-9-11(2)8-12(3)10-15/h8-10,13-14,16-17H,5-7H2,1-4H3. The predicted octanol–water partition coefficient (Wildman–Crippen LogP) is 4.00. The number of aryl methyl sites for hydroxylation is 2. The summed E-state index contributed by atoms with van der Waals surface area (Å²) < 4.78 is 0. The SMILES string of the molecule is CCNC(c1cc(C)cc(C)c1)C(C)C1CC1. The van der Waals surface area contributed by atoms with Crippen LogP contribution in [0, 0.1) is 25.7 Å². The minimum absolute atomic E-state index is 0.533. The summed E-state index contributed by atoms with van der Waals surface area (Å²) in [5, 5.41) is 3.67. The Bertz CT molecular complexity index is 359. The Labute approximate surface area is 106 Å². The Kier molecular flexibility index (Phi) is 3.88. The molecule has 0 radical (unpaired) electrons. The maximum atomic E-state index is 3.67. The minimum atomic E-state index is 0.533. The molecule has 2 unspecified atom stereocenters. The second-order valence-corrected chi connectivity index (χ2v) is 5.65. The van der Waals surface area contributed by atoms with Crippen LogP contribution in [0.1, 0.15) is 49.4 Å². The van der Waals surface area contributed by atoms with Gasteiger partial charge in [-0.05, 0) is 50.6 Å². The molecule has 0 bridgehead atoms. The fraction of sp³-hybridized carbons (Fsp3) is 0.625. The van der Waals surface area contributed by atoms with Crippen LogP contribution >= 0.6 is 0 Å². The van der Waals surface area contributed by atoms with Crippen LogP contribution in [0.5, 0.6) is 0 Å². The van der Waals surface area contributed by atoms with E-state index < -0.39 is 0 Å². The van der Waals surface area contributed by atoms with E-state index in [0.29, 0.717) is 6.04 Å². The maximum absolute atomic E-state index is 3.67. The molecule has 1 saturated carbocycles. The van der Waals surface area contributed by atoms with Gasteiger partial charge in [-0.1, -0.05) is 43.2 Å². The monoisotopic (exact) mass is 231 g/mol. The quantitative estimate of drug-likeness (QED) is 0.807. The Hall–Kier alpha value is -0.820. The molecule has 0 aromatic heterocycles. The normalized spacial score (nSPS) is 19.1. The lowest BCUT2D eigenvalue weighted by atomic mass is 9.89. The lowest BCUT2D eigenvalue weighted by Gasteiger charge is -2.26. The van der Waals surface area contributed by atoms with E-state index >= 15 is 0 Å². The van der Waals surface area contributed by atoms with Gasteiger partial charge in [-0.25, -0.2) is 0 Å². The van der Waals surface area contributed by atoms with E-state index in [1.807, 2.05) is 0 Å². The maximum Gasteiger partial charge on any atom is 0.0348 e. The average Bonchev–Trinajstić information content (AvgIpc) is 3.07. The van der Waals surface area contributed by atoms with Crippen molar-refractivity contribution >= 4 is 0 Å². The van der Waals surface area contributed by atoms with Gasteiger partial charge in [0.2, 0.25) is 0 Å². The first-order valence-electron chi connectivity index (χ1n) is 6.93. The van der Waals surface area contributed by atoms with E-state index in [0.717, 1.165) is 18.4 Å². The Morgan fingerprint density at radius 3 is 2.24 bits per heavy atom. The summed E-state index contributed by atoms with van der Waals surface area (Å²) in [7, 11) is 0. The van der Waals surface area contributed by atoms with Crippen molar-refractivity contribution in [2.24, 2.45) is 11.8 Å². The van der Waals surface area contributed by atoms with Crippen molar-refractivity contribution in [3.63, 3.8) is 0 Å². The summed E-state index contributed by atoms with van der Waals surface area (Å²) in [6.45, 7) is 10.1. The lowest BCUT2D eigenvalue weighted by molar-refractivity contribution is 0.355. The van der Waals surface area contributed by atoms with Gasteiger partial charge in [-0.3, -0.25) is 0 Å². The molecule has 1 nitrogen and oxygen atoms in total. The number of benzene rings is 1. The molecule has 0 spiro atoms. The molecule has 1 heteroatoms. The van der Waals surface area contributed by atoms with Gasteiger partial charge in [-0.2, -0.15) is 0 Å². The van der Waals surface area contributed by atoms with Crippen LogP contribution in [0.4, 0.5) is 0 Å². The molecule has 2 rings (SSSR count). The molecule has 1 fully saturated rings. The summed E-state index contributed by atoms with van der Waals surface area (Å²) in [6, 6.07) is 7.48. The number of hydrogen-bond donors (Lipinski definition) is 1. The summed E-state index contributed by atoms with van der Waals surface area (Å²) in [4.78, 5) is 0. The van der Waals surface area contributed by atoms with Gasteiger partial charge in [0.1, 0.15) is 0 Å². The van der Waals surface area contributed by atoms with Crippen LogP contribution < -0.4 is 5.32 Å². The second kappa shape index (κ2) is 5.22. The molecular formula is C16H25N. The Morgan fingerprint density at radius 2 is 1.76 bits per heavy atom. The van der Waals surface area contributed by atoms with Crippen LogP contribution in [-0.4, -0.2) is 6.54 Å². The molecule has 1 aliphatic carbocycles. The van der Waals surface area contributed by atoms with Crippen molar-refractivity contribution in [2.75, 3.05) is 6.54 Å². The molecule has 1 aromatic rings. The van der Waals surface area contributed by atoms with Gasteiger partial charge >= 0.3 is 0 Å². The first-order valence-corrected chi connectivity index (χ1v) is 6.93. The third-order valence-corrected chi connectivity index (χ3v) is 3.92. The molecule has 0 aliphatic heterocycles. The number of nitrogens with one attached hydrogen (secondary N) is 1. The van der Waals surface area contributed by atoms with E-state index in [-0.39, 0.29) is 0 Å². The molecule has 1 aromatic carbocycles. The van der Waals surface area contributed by atoms with Crippen LogP contribution in [0.15, 0.2) is 18.2 Å². The van der Waals surface area contributed by atoms with Crippen LogP contribution in [-0.2, 0) is 0 Å². The summed E-state index contributed by atoms with van der Waals surface area (Å²) in [5.74, 6) is 1.70. The van der Waals surface area contributed by atoms with Gasteiger partial charge in [0.15, 0.2) is 0 Å². The molecular weight excluding hydrogens is 206 g/mol. The van der Waals surface area contributed by atoms with Crippen molar-refractivity contribution in [1.29, 1.82) is 0 Å². The van der Waals surface area contributed by atoms with Crippen LogP contribution in [0.3, 0.4) is 0 Å². The molecule has 1 aliphatic rings. The minimum Gasteiger partial charge on any atom is -0.310 e. The highest BCUT2D eigenvalue weighted by Crippen LogP contribution is 2.42. The Balaban J connectivity index is 2.23. The zero-order chi connectivity index (χ0) is 12.4. The van der Waals surface area contributed by atoms with Crippen molar-refractivity contribution < 1.29 is 0 Å². The fourth-order valence-electron chi connectivity index (χ4n) is 2.91. The number of rotatable bonds is 5. The smallest absolute Gasteiger partial charge is 0.0348 e. The van der Waals surface area contributed by atoms with Gasteiger partial charge in [0.25, 0.3) is 0 Å². The molecule has 17 heavy (non-hydrogen) atoms. The van der Waals surface area contributed by atoms with Gasteiger partial charge in [0, 0.05) is 6.04 Å². The zero-order valence-corrected chi connectivity index (χ0v) is 11.6. The largest absolute Gasteiger partial charge is 0.310 e. The van der Waals surface area contributed by atoms with E-state index in [1.54, 1.807) is 0 Å². The topological polar surface area (TPSA) is 12.0 Å². The first-order chi connectivity index (χ1) is 8.11. The molecule has 1 N–H and O–H groups in total. The van der Waals surface area contributed by atoms with Crippen molar-refractivity contribution in [3.05, 3.63) is 34.9 Å². The van der Waals surface area contributed by atoms with E-state index in [2.05, 4.69) is 51.2 Å². The van der Waals surface area contributed by atoms with Crippen LogP contribution in [0.2, 0.25) is 0 Å². The lowest BCUT2D eigenvalue weighted by Crippen LogP contribution is -2.28. The fourth-order valence-corrected chi connectivity index (χ4v) is 2.91. The first kappa shape index (κ1) is 12.6. The third kappa shape index (κ3) is 3.10. The van der Waals surface area contributed by atoms with E-state index in [4.69, 9.17) is 0 Å². The molecule has 0 saturated heterocycles. The van der Waals surface area contributed by atoms with E-state index in [1.165, 1.54) is 29.5 Å². The van der Waals surface area contributed by atoms with Crippen LogP contribution in [0.25, 0.3) is 0 Å². The molecule has 0 amide bonds. The summed E-state index contributed by atoms with van der Waals surface area (Å²) >= 11 is 0. The summed E-state index contributed by atoms with van der Waals surface area (Å²) in [6.07, 6.45) is 2.85. The highest BCUT2D eigenvalue weighted by atomic mass is 14.9. The van der Waals surface area contributed by atoms with Gasteiger partial charge in [0.05, 0.1) is 0 Å². The Morgan fingerprint density at radius 1 is 1.18 bits per heavy atom. The van der Waals surface area contributed by atoms with Gasteiger partial charge in [-0.15, -0.1) is 0 Å².